The van der Waals surface area contributed by atoms with Crippen LogP contribution in [-0.4, -0.2) is 36.4 Å². The molecule has 0 unspecified atom stereocenters. The summed E-state index contributed by atoms with van der Waals surface area (Å²) in [4.78, 5) is 23.4. The van der Waals surface area contributed by atoms with E-state index in [2.05, 4.69) is 26.5 Å². The molecule has 0 saturated carbocycles. The highest BCUT2D eigenvalue weighted by molar-refractivity contribution is 9.10. The van der Waals surface area contributed by atoms with Crippen molar-refractivity contribution < 1.29 is 28.9 Å². The molecule has 3 aromatic rings. The van der Waals surface area contributed by atoms with E-state index in [0.29, 0.717) is 41.6 Å². The molecule has 8 nitrogen and oxygen atoms in total. The zero-order chi connectivity index (χ0) is 24.3. The molecule has 9 heteroatoms. The van der Waals surface area contributed by atoms with E-state index in [9.17, 15) is 9.59 Å². The summed E-state index contributed by atoms with van der Waals surface area (Å²) in [6.45, 7) is 2.14. The highest BCUT2D eigenvalue weighted by Gasteiger charge is 2.12. The van der Waals surface area contributed by atoms with Crippen molar-refractivity contribution in [1.82, 2.24) is 5.43 Å². The quantitative estimate of drug-likeness (QED) is 0.278. The molecule has 34 heavy (non-hydrogen) atoms. The molecule has 0 heterocycles. The number of nitrogens with one attached hydrogen (secondary N) is 1. The zero-order valence-corrected chi connectivity index (χ0v) is 19.9. The Morgan fingerprint density at radius 3 is 2.47 bits per heavy atom. The first kappa shape index (κ1) is 24.8. The topological polar surface area (TPSA) is 106 Å². The molecule has 2 N–H and O–H groups in total. The van der Waals surface area contributed by atoms with Crippen molar-refractivity contribution in [1.29, 1.82) is 0 Å². The van der Waals surface area contributed by atoms with Gasteiger partial charge in [-0.2, -0.15) is 5.10 Å². The second-order valence-corrected chi connectivity index (χ2v) is 7.85. The van der Waals surface area contributed by atoms with Crippen LogP contribution >= 0.6 is 15.9 Å². The Kier molecular flexibility index (Phi) is 9.04. The van der Waals surface area contributed by atoms with E-state index < -0.39 is 18.5 Å². The van der Waals surface area contributed by atoms with Gasteiger partial charge in [0.25, 0.3) is 5.91 Å². The normalized spacial score (nSPS) is 10.6. The van der Waals surface area contributed by atoms with E-state index in [1.807, 2.05) is 37.3 Å². The molecular weight excluding hydrogens is 504 g/mol. The Balaban J connectivity index is 1.68. The summed E-state index contributed by atoms with van der Waals surface area (Å²) < 4.78 is 17.5. The largest absolute Gasteiger partial charge is 0.490 e. The van der Waals surface area contributed by atoms with Gasteiger partial charge in [-0.1, -0.05) is 46.3 Å². The standard InChI is InChI=1S/C25H23BrN2O6/c1-2-32-23-13-18(8-10-22(23)33-15-17-6-4-3-5-7-17)25(31)28-27-14-19-12-20(26)9-11-21(19)34-16-24(29)30/h3-14H,2,15-16H2,1H3,(H,28,31)(H,29,30)/b27-14+. The first-order chi connectivity index (χ1) is 16.5. The Hall–Kier alpha value is -3.85. The lowest BCUT2D eigenvalue weighted by atomic mass is 10.2. The summed E-state index contributed by atoms with van der Waals surface area (Å²) in [5, 5.41) is 12.8. The maximum Gasteiger partial charge on any atom is 0.341 e. The number of amides is 1. The van der Waals surface area contributed by atoms with Crippen molar-refractivity contribution in [3.05, 3.63) is 87.9 Å². The molecule has 0 aromatic heterocycles. The third kappa shape index (κ3) is 7.35. The molecular formula is C25H23BrN2O6. The fourth-order valence-electron chi connectivity index (χ4n) is 2.89. The number of carboxylic acid groups (broad SMARTS) is 1. The Labute approximate surface area is 205 Å². The van der Waals surface area contributed by atoms with Crippen LogP contribution in [0.2, 0.25) is 0 Å². The third-order valence-electron chi connectivity index (χ3n) is 4.44. The Bertz CT molecular complexity index is 1170. The Morgan fingerprint density at radius 1 is 0.971 bits per heavy atom. The van der Waals surface area contributed by atoms with Gasteiger partial charge in [0, 0.05) is 15.6 Å². The summed E-state index contributed by atoms with van der Waals surface area (Å²) in [5.74, 6) is -0.246. The van der Waals surface area contributed by atoms with E-state index in [-0.39, 0.29) is 0 Å². The van der Waals surface area contributed by atoms with E-state index in [1.165, 1.54) is 6.21 Å². The van der Waals surface area contributed by atoms with Crippen molar-refractivity contribution in [3.63, 3.8) is 0 Å². The van der Waals surface area contributed by atoms with Gasteiger partial charge >= 0.3 is 5.97 Å². The van der Waals surface area contributed by atoms with Gasteiger partial charge in [-0.15, -0.1) is 0 Å². The SMILES string of the molecule is CCOc1cc(C(=O)N/N=C/c2cc(Br)ccc2OCC(=O)O)ccc1OCc1ccccc1. The number of hydrogen-bond donors (Lipinski definition) is 2. The first-order valence-corrected chi connectivity index (χ1v) is 11.2. The number of hydrogen-bond acceptors (Lipinski definition) is 6. The highest BCUT2D eigenvalue weighted by Crippen LogP contribution is 2.29. The van der Waals surface area contributed by atoms with Gasteiger partial charge in [0.2, 0.25) is 0 Å². The predicted molar refractivity (Wildman–Crippen MR) is 131 cm³/mol. The van der Waals surface area contributed by atoms with E-state index >= 15 is 0 Å². The van der Waals surface area contributed by atoms with E-state index in [0.717, 1.165) is 10.0 Å². The molecule has 0 spiro atoms. The molecule has 1 amide bonds. The van der Waals surface area contributed by atoms with Crippen molar-refractivity contribution in [2.24, 2.45) is 5.10 Å². The van der Waals surface area contributed by atoms with Gasteiger partial charge in [0.05, 0.1) is 12.8 Å². The zero-order valence-electron chi connectivity index (χ0n) is 18.4. The predicted octanol–water partition coefficient (Wildman–Crippen LogP) is 4.65. The minimum absolute atomic E-state index is 0.321. The first-order valence-electron chi connectivity index (χ1n) is 10.4. The maximum atomic E-state index is 12.6. The second kappa shape index (κ2) is 12.4. The van der Waals surface area contributed by atoms with Crippen LogP contribution in [0, 0.1) is 0 Å². The molecule has 3 rings (SSSR count). The van der Waals surface area contributed by atoms with Gasteiger partial charge in [0.1, 0.15) is 12.4 Å². The molecule has 0 fully saturated rings. The number of hydrazone groups is 1. The van der Waals surface area contributed by atoms with Gasteiger partial charge in [-0.25, -0.2) is 10.2 Å². The number of ether oxygens (including phenoxy) is 3. The van der Waals surface area contributed by atoms with E-state index in [1.54, 1.807) is 36.4 Å². The summed E-state index contributed by atoms with van der Waals surface area (Å²) in [6, 6.07) is 19.6. The number of halogens is 1. The number of benzene rings is 3. The van der Waals surface area contributed by atoms with Crippen LogP contribution in [0.5, 0.6) is 17.2 Å². The molecule has 3 aromatic carbocycles. The number of aliphatic carboxylic acids is 1. The average Bonchev–Trinajstić information content (AvgIpc) is 2.83. The average molecular weight is 527 g/mol. The number of carbonyl (C=O) groups excluding carboxylic acids is 1. The maximum absolute atomic E-state index is 12.6. The minimum Gasteiger partial charge on any atom is -0.490 e. The van der Waals surface area contributed by atoms with Gasteiger partial charge in [0.15, 0.2) is 18.1 Å². The smallest absolute Gasteiger partial charge is 0.341 e. The number of rotatable bonds is 11. The third-order valence-corrected chi connectivity index (χ3v) is 4.93. The summed E-state index contributed by atoms with van der Waals surface area (Å²) in [7, 11) is 0. The summed E-state index contributed by atoms with van der Waals surface area (Å²) >= 11 is 3.34. The fourth-order valence-corrected chi connectivity index (χ4v) is 3.27. The van der Waals surface area contributed by atoms with Crippen LogP contribution in [0.15, 0.2) is 76.3 Å². The van der Waals surface area contributed by atoms with Gasteiger partial charge < -0.3 is 19.3 Å². The monoisotopic (exact) mass is 526 g/mol. The van der Waals surface area contributed by atoms with Gasteiger partial charge in [-0.05, 0) is 48.9 Å². The molecule has 0 bridgehead atoms. The lowest BCUT2D eigenvalue weighted by molar-refractivity contribution is -0.139. The van der Waals surface area contributed by atoms with Crippen LogP contribution < -0.4 is 19.6 Å². The highest BCUT2D eigenvalue weighted by atomic mass is 79.9. The number of nitrogens with zero attached hydrogens (tertiary/aromatic N) is 1. The summed E-state index contributed by atoms with van der Waals surface area (Å²) in [6.07, 6.45) is 1.38. The minimum atomic E-state index is -1.10. The lowest BCUT2D eigenvalue weighted by Crippen LogP contribution is -2.18. The van der Waals surface area contributed by atoms with Crippen molar-refractivity contribution in [2.75, 3.05) is 13.2 Å². The van der Waals surface area contributed by atoms with Crippen molar-refractivity contribution in [3.8, 4) is 17.2 Å². The fraction of sp³-hybridized carbons (Fsp3) is 0.160. The molecule has 0 radical (unpaired) electrons. The molecule has 0 saturated heterocycles. The molecule has 176 valence electrons. The number of carboxylic acids is 1. The molecule has 0 aliphatic heterocycles. The van der Waals surface area contributed by atoms with Crippen molar-refractivity contribution in [2.45, 2.75) is 13.5 Å². The molecule has 0 aliphatic carbocycles. The number of carbonyl (C=O) groups is 2. The van der Waals surface area contributed by atoms with Gasteiger partial charge in [-0.3, -0.25) is 4.79 Å². The molecule has 0 aliphatic rings. The van der Waals surface area contributed by atoms with Crippen LogP contribution in [0.4, 0.5) is 0 Å². The van der Waals surface area contributed by atoms with Crippen LogP contribution in [0.3, 0.4) is 0 Å². The van der Waals surface area contributed by atoms with Crippen LogP contribution in [0.1, 0.15) is 28.4 Å². The second-order valence-electron chi connectivity index (χ2n) is 6.93. The van der Waals surface area contributed by atoms with Crippen LogP contribution in [0.25, 0.3) is 0 Å². The Morgan fingerprint density at radius 2 is 1.74 bits per heavy atom. The van der Waals surface area contributed by atoms with E-state index in [4.69, 9.17) is 19.3 Å². The summed E-state index contributed by atoms with van der Waals surface area (Å²) in [5.41, 5.74) is 4.30. The van der Waals surface area contributed by atoms with Crippen LogP contribution in [-0.2, 0) is 11.4 Å². The molecule has 0 atom stereocenters. The lowest BCUT2D eigenvalue weighted by Gasteiger charge is -2.13. The van der Waals surface area contributed by atoms with Crippen molar-refractivity contribution >= 4 is 34.0 Å².